The van der Waals surface area contributed by atoms with Crippen LogP contribution >= 0.6 is 0 Å². The molecule has 2 saturated carbocycles. The molecule has 0 amide bonds. The van der Waals surface area contributed by atoms with E-state index in [2.05, 4.69) is 6.92 Å². The number of cyclic esters (lactones) is 2. The molecule has 0 aromatic carbocycles. The van der Waals surface area contributed by atoms with E-state index in [1.807, 2.05) is 6.08 Å². The van der Waals surface area contributed by atoms with Crippen molar-refractivity contribution in [2.45, 2.75) is 58.3 Å². The average Bonchev–Trinajstić information content (AvgIpc) is 3.46. The molecule has 6 rings (SSSR count). The van der Waals surface area contributed by atoms with Gasteiger partial charge in [-0.25, -0.2) is 4.79 Å². The maximum Gasteiger partial charge on any atom is 0.347 e. The number of hydrogen-bond donors (Lipinski definition) is 1. The molecule has 9 nitrogen and oxygen atoms in total. The van der Waals surface area contributed by atoms with Crippen molar-refractivity contribution in [3.63, 3.8) is 0 Å². The van der Waals surface area contributed by atoms with E-state index in [0.717, 1.165) is 11.1 Å². The fraction of sp³-hybridized carbons (Fsp3) is 0.630. The Morgan fingerprint density at radius 2 is 1.89 bits per heavy atom. The molecule has 36 heavy (non-hydrogen) atoms. The van der Waals surface area contributed by atoms with E-state index in [0.29, 0.717) is 12.8 Å². The van der Waals surface area contributed by atoms with Crippen LogP contribution in [0.15, 0.2) is 34.7 Å². The molecular weight excluding hydrogens is 468 g/mol. The zero-order chi connectivity index (χ0) is 25.8. The van der Waals surface area contributed by atoms with Crippen LogP contribution in [-0.4, -0.2) is 48.1 Å². The fourth-order valence-electron chi connectivity index (χ4n) is 8.44. The minimum absolute atomic E-state index is 0.150. The first-order valence-electron chi connectivity index (χ1n) is 12.4. The van der Waals surface area contributed by atoms with Gasteiger partial charge in [0.25, 0.3) is 0 Å². The van der Waals surface area contributed by atoms with Gasteiger partial charge in [-0.3, -0.25) is 14.4 Å². The lowest BCUT2D eigenvalue weighted by molar-refractivity contribution is -0.190. The van der Waals surface area contributed by atoms with Crippen LogP contribution < -0.4 is 0 Å². The highest BCUT2D eigenvalue weighted by molar-refractivity contribution is 5.99. The third-order valence-corrected chi connectivity index (χ3v) is 10.2. The van der Waals surface area contributed by atoms with Crippen molar-refractivity contribution in [1.82, 2.24) is 0 Å². The number of carbonyl (C=O) groups excluding carboxylic acids is 4. The van der Waals surface area contributed by atoms with E-state index in [4.69, 9.17) is 18.6 Å². The van der Waals surface area contributed by atoms with Crippen LogP contribution in [0.1, 0.15) is 51.7 Å². The lowest BCUT2D eigenvalue weighted by Gasteiger charge is -2.61. The summed E-state index contributed by atoms with van der Waals surface area (Å²) in [6, 6.07) is 1.79. The highest BCUT2D eigenvalue weighted by Crippen LogP contribution is 2.69. The third kappa shape index (κ3) is 2.59. The summed E-state index contributed by atoms with van der Waals surface area (Å²) in [5.41, 5.74) is -1.29. The fourth-order valence-corrected chi connectivity index (χ4v) is 8.44. The normalized spacial score (nSPS) is 47.1. The third-order valence-electron chi connectivity index (χ3n) is 10.2. The topological polar surface area (TPSA) is 129 Å². The molecule has 0 spiro atoms. The number of ether oxygens (including phenoxy) is 3. The Bertz CT molecular complexity index is 1200. The molecule has 2 bridgehead atoms. The second-order valence-electron chi connectivity index (χ2n) is 11.7. The number of allylic oxidation sites excluding steroid dienone is 1. The Morgan fingerprint density at radius 1 is 1.14 bits per heavy atom. The van der Waals surface area contributed by atoms with Crippen LogP contribution in [-0.2, 0) is 33.4 Å². The molecule has 9 heteroatoms. The van der Waals surface area contributed by atoms with Gasteiger partial charge in [-0.05, 0) is 30.7 Å². The first-order chi connectivity index (χ1) is 17.0. The molecule has 10 atom stereocenters. The predicted octanol–water partition coefficient (Wildman–Crippen LogP) is 2.53. The smallest absolute Gasteiger partial charge is 0.347 e. The maximum absolute atomic E-state index is 13.9. The first-order valence-corrected chi connectivity index (χ1v) is 12.4. The van der Waals surface area contributed by atoms with Crippen molar-refractivity contribution in [2.24, 2.45) is 39.9 Å². The highest BCUT2D eigenvalue weighted by Gasteiger charge is 2.76. The molecule has 3 aliphatic carbocycles. The molecule has 3 heterocycles. The second kappa shape index (κ2) is 7.31. The van der Waals surface area contributed by atoms with Gasteiger partial charge in [-0.15, -0.1) is 0 Å². The summed E-state index contributed by atoms with van der Waals surface area (Å²) >= 11 is 0. The van der Waals surface area contributed by atoms with Crippen molar-refractivity contribution >= 4 is 23.7 Å². The summed E-state index contributed by atoms with van der Waals surface area (Å²) in [6.07, 6.45) is 3.18. The van der Waals surface area contributed by atoms with Gasteiger partial charge in [0.05, 0.1) is 49.4 Å². The highest BCUT2D eigenvalue weighted by atomic mass is 16.6. The molecule has 192 valence electrons. The lowest BCUT2D eigenvalue weighted by Crippen LogP contribution is -2.68. The Labute approximate surface area is 208 Å². The minimum Gasteiger partial charge on any atom is -0.472 e. The van der Waals surface area contributed by atoms with Crippen molar-refractivity contribution in [1.29, 1.82) is 0 Å². The molecule has 2 aliphatic heterocycles. The van der Waals surface area contributed by atoms with Gasteiger partial charge in [0.15, 0.2) is 0 Å². The zero-order valence-electron chi connectivity index (χ0n) is 20.7. The van der Waals surface area contributed by atoms with Crippen LogP contribution in [0.25, 0.3) is 0 Å². The van der Waals surface area contributed by atoms with Crippen molar-refractivity contribution in [2.75, 3.05) is 7.11 Å². The number of rotatable bonds is 2. The van der Waals surface area contributed by atoms with Gasteiger partial charge in [0, 0.05) is 16.4 Å². The second-order valence-corrected chi connectivity index (χ2v) is 11.7. The van der Waals surface area contributed by atoms with Gasteiger partial charge >= 0.3 is 17.9 Å². The van der Waals surface area contributed by atoms with Crippen LogP contribution in [0.4, 0.5) is 0 Å². The van der Waals surface area contributed by atoms with Crippen molar-refractivity contribution < 1.29 is 42.9 Å². The predicted molar refractivity (Wildman–Crippen MR) is 121 cm³/mol. The van der Waals surface area contributed by atoms with Crippen molar-refractivity contribution in [3.8, 4) is 0 Å². The Hall–Kier alpha value is -2.94. The largest absolute Gasteiger partial charge is 0.472 e. The number of esters is 3. The van der Waals surface area contributed by atoms with Gasteiger partial charge in [0.1, 0.15) is 11.9 Å². The van der Waals surface area contributed by atoms with E-state index >= 15 is 0 Å². The summed E-state index contributed by atoms with van der Waals surface area (Å²) in [5.74, 6) is -4.51. The quantitative estimate of drug-likeness (QED) is 0.371. The van der Waals surface area contributed by atoms with Crippen LogP contribution in [0.5, 0.6) is 0 Å². The summed E-state index contributed by atoms with van der Waals surface area (Å²) in [4.78, 5) is 52.6. The van der Waals surface area contributed by atoms with E-state index in [-0.39, 0.29) is 30.0 Å². The number of ketones is 1. The molecule has 2 saturated heterocycles. The number of aliphatic hydroxyl groups excluding tert-OH is 1. The molecule has 1 aromatic rings. The molecule has 1 aromatic heterocycles. The number of carbonyl (C=O) groups is 4. The lowest BCUT2D eigenvalue weighted by atomic mass is 9.40. The molecule has 5 aliphatic rings. The van der Waals surface area contributed by atoms with E-state index < -0.39 is 58.3 Å². The van der Waals surface area contributed by atoms with Gasteiger partial charge < -0.3 is 23.7 Å². The SMILES string of the molecule is COC(=O)[C@H]1OC(=O)[C@@H]2[C@@]3(C)C(=O)[C@H](C=C4[C@@H]5CC(=O)O[C@@H](c6ccoc6)[C@]5(C)CC[C@@H]43)[C@H](O)[C@@]12C. The number of hydrogen-bond acceptors (Lipinski definition) is 9. The Morgan fingerprint density at radius 3 is 2.56 bits per heavy atom. The summed E-state index contributed by atoms with van der Waals surface area (Å²) in [7, 11) is 1.20. The van der Waals surface area contributed by atoms with E-state index in [1.54, 1.807) is 32.4 Å². The van der Waals surface area contributed by atoms with Crippen LogP contribution in [0.3, 0.4) is 0 Å². The number of methoxy groups -OCH3 is 1. The summed E-state index contributed by atoms with van der Waals surface area (Å²) < 4.78 is 21.5. The van der Waals surface area contributed by atoms with Gasteiger partial charge in [-0.2, -0.15) is 0 Å². The first kappa shape index (κ1) is 23.5. The molecular formula is C27H30O9. The van der Waals surface area contributed by atoms with Gasteiger partial charge in [-0.1, -0.05) is 32.4 Å². The Balaban J connectivity index is 1.50. The molecule has 1 N–H and O–H groups in total. The zero-order valence-corrected chi connectivity index (χ0v) is 20.7. The average molecular weight is 499 g/mol. The number of Topliss-reactive ketones (excluding diaryl/α,β-unsaturated/α-hetero) is 1. The molecule has 0 radical (unpaired) electrons. The number of fused-ring (bicyclic) bond motifs is 8. The maximum atomic E-state index is 13.9. The van der Waals surface area contributed by atoms with Crippen LogP contribution in [0, 0.1) is 39.9 Å². The van der Waals surface area contributed by atoms with Gasteiger partial charge in [0.2, 0.25) is 6.10 Å². The monoisotopic (exact) mass is 498 g/mol. The summed E-state index contributed by atoms with van der Waals surface area (Å²) in [6.45, 7) is 5.50. The van der Waals surface area contributed by atoms with Crippen LogP contribution in [0.2, 0.25) is 0 Å². The Kier molecular flexibility index (Phi) is 4.76. The number of furan rings is 1. The molecule has 0 unspecified atom stereocenters. The summed E-state index contributed by atoms with van der Waals surface area (Å²) in [5, 5.41) is 11.6. The van der Waals surface area contributed by atoms with E-state index in [9.17, 15) is 24.3 Å². The standard InChI is InChI=1S/C27H30O9/c1-25-7-5-15-13(16(25)10-17(28)35-21(25)12-6-8-34-11-12)9-14-19(29)26(15,2)18-23(31)36-22(24(32)33-4)27(18,3)20(14)30/h6,8-9,11,14-16,18,20-22,30H,5,7,10H2,1-4H3/t14-,15-,16-,18+,20-,21-,22+,25+,26-,27-/m0/s1. The number of aliphatic hydroxyl groups is 1. The van der Waals surface area contributed by atoms with Crippen molar-refractivity contribution in [3.05, 3.63) is 35.8 Å². The van der Waals surface area contributed by atoms with E-state index in [1.165, 1.54) is 7.11 Å². The molecule has 4 fully saturated rings. The minimum atomic E-state index is -1.33.